The summed E-state index contributed by atoms with van der Waals surface area (Å²) in [6, 6.07) is 0. The van der Waals surface area contributed by atoms with Gasteiger partial charge in [-0.2, -0.15) is 0 Å². The van der Waals surface area contributed by atoms with Crippen molar-refractivity contribution < 1.29 is 80.2 Å². The van der Waals surface area contributed by atoms with E-state index in [2.05, 4.69) is 41.5 Å². The van der Waals surface area contributed by atoms with E-state index in [1.165, 1.54) is 193 Å². The summed E-state index contributed by atoms with van der Waals surface area (Å²) >= 11 is 0. The highest BCUT2D eigenvalue weighted by molar-refractivity contribution is 7.47. The lowest BCUT2D eigenvalue weighted by Crippen LogP contribution is -2.30. The molecule has 17 nitrogen and oxygen atoms in total. The van der Waals surface area contributed by atoms with Crippen LogP contribution in [0.25, 0.3) is 0 Å². The number of hydrogen-bond acceptors (Lipinski definition) is 15. The molecule has 0 fully saturated rings. The zero-order chi connectivity index (χ0) is 68.6. The molecule has 0 aromatic rings. The van der Waals surface area contributed by atoms with Crippen molar-refractivity contribution in [2.45, 2.75) is 400 Å². The topological polar surface area (TPSA) is 237 Å². The van der Waals surface area contributed by atoms with Crippen LogP contribution >= 0.6 is 15.6 Å². The first kappa shape index (κ1) is 91.1. The molecule has 0 spiro atoms. The Balaban J connectivity index is 5.21. The van der Waals surface area contributed by atoms with Crippen LogP contribution in [0.3, 0.4) is 0 Å². The zero-order valence-corrected chi connectivity index (χ0v) is 62.3. The second-order valence-corrected chi connectivity index (χ2v) is 30.5. The molecule has 0 rings (SSSR count). The number of phosphoric ester groups is 2. The maximum Gasteiger partial charge on any atom is 0.472 e. The fourth-order valence-electron chi connectivity index (χ4n) is 11.3. The molecule has 5 atom stereocenters. The predicted molar refractivity (Wildman–Crippen MR) is 377 cm³/mol. The highest BCUT2D eigenvalue weighted by Gasteiger charge is 2.30. The van der Waals surface area contributed by atoms with Crippen molar-refractivity contribution in [3.05, 3.63) is 0 Å². The van der Waals surface area contributed by atoms with Crippen molar-refractivity contribution in [2.75, 3.05) is 39.6 Å². The lowest BCUT2D eigenvalue weighted by atomic mass is 10.0. The summed E-state index contributed by atoms with van der Waals surface area (Å²) in [4.78, 5) is 72.6. The van der Waals surface area contributed by atoms with E-state index in [4.69, 9.17) is 37.0 Å². The molecule has 93 heavy (non-hydrogen) atoms. The minimum atomic E-state index is -4.96. The number of esters is 4. The van der Waals surface area contributed by atoms with Gasteiger partial charge in [-0.05, 0) is 37.5 Å². The number of unbranched alkanes of at least 4 members (excludes halogenated alkanes) is 43. The minimum absolute atomic E-state index is 0.103. The molecule has 0 aliphatic rings. The van der Waals surface area contributed by atoms with Gasteiger partial charge in [0.15, 0.2) is 12.2 Å². The van der Waals surface area contributed by atoms with Crippen LogP contribution in [-0.2, 0) is 65.4 Å². The van der Waals surface area contributed by atoms with Crippen LogP contribution < -0.4 is 0 Å². The Hall–Kier alpha value is -1.94. The van der Waals surface area contributed by atoms with Gasteiger partial charge in [0.25, 0.3) is 0 Å². The summed E-state index contributed by atoms with van der Waals surface area (Å²) in [5.74, 6) is -0.747. The molecule has 0 bridgehead atoms. The Labute approximate surface area is 568 Å². The van der Waals surface area contributed by atoms with Gasteiger partial charge in [0.1, 0.15) is 19.3 Å². The van der Waals surface area contributed by atoms with Crippen LogP contribution in [-0.4, -0.2) is 96.7 Å². The minimum Gasteiger partial charge on any atom is -0.462 e. The van der Waals surface area contributed by atoms with Crippen LogP contribution in [0.5, 0.6) is 0 Å². The first-order chi connectivity index (χ1) is 44.9. The summed E-state index contributed by atoms with van der Waals surface area (Å²) in [5.41, 5.74) is 0. The van der Waals surface area contributed by atoms with Gasteiger partial charge >= 0.3 is 39.5 Å². The highest BCUT2D eigenvalue weighted by Crippen LogP contribution is 2.45. The van der Waals surface area contributed by atoms with E-state index in [1.54, 1.807) is 0 Å². The predicted octanol–water partition coefficient (Wildman–Crippen LogP) is 21.6. The molecule has 0 aromatic carbocycles. The Kier molecular flexibility index (Phi) is 64.6. The molecule has 552 valence electrons. The number of hydrogen-bond donors (Lipinski definition) is 3. The SMILES string of the molecule is CCCCCCCCCCCCCCCCCCCC(=O)OC[C@H](COP(=O)(O)OC[C@@H](O)COP(=O)(O)OC[C@@H](COC(=O)CCCCCCCCC(C)C)OC(=O)CCCCCCCCCC(C)C)OC(=O)CCCCCCCCCCCCCCCCCCC. The van der Waals surface area contributed by atoms with Gasteiger partial charge in [-0.25, -0.2) is 9.13 Å². The molecule has 0 aromatic heterocycles. The number of phosphoric acid groups is 2. The smallest absolute Gasteiger partial charge is 0.462 e. The maximum atomic E-state index is 13.1. The molecule has 0 heterocycles. The van der Waals surface area contributed by atoms with Crippen LogP contribution in [0.2, 0.25) is 0 Å². The molecular weight excluding hydrogens is 1220 g/mol. The van der Waals surface area contributed by atoms with Crippen molar-refractivity contribution >= 4 is 39.5 Å². The Morgan fingerprint density at radius 1 is 0.290 bits per heavy atom. The molecule has 3 N–H and O–H groups in total. The third kappa shape index (κ3) is 68.4. The summed E-state index contributed by atoms with van der Waals surface area (Å²) in [6.07, 6.45) is 53.1. The van der Waals surface area contributed by atoms with Gasteiger partial charge in [-0.15, -0.1) is 0 Å². The van der Waals surface area contributed by atoms with Gasteiger partial charge in [0.2, 0.25) is 0 Å². The van der Waals surface area contributed by atoms with E-state index in [1.807, 2.05) is 0 Å². The van der Waals surface area contributed by atoms with E-state index < -0.39 is 97.5 Å². The monoisotopic (exact) mass is 1370 g/mol. The van der Waals surface area contributed by atoms with Gasteiger partial charge in [0, 0.05) is 25.7 Å². The fourth-order valence-corrected chi connectivity index (χ4v) is 12.9. The van der Waals surface area contributed by atoms with Gasteiger partial charge in [0.05, 0.1) is 26.4 Å². The molecule has 0 aliphatic heterocycles. The zero-order valence-electron chi connectivity index (χ0n) is 60.6. The summed E-state index contributed by atoms with van der Waals surface area (Å²) in [5, 5.41) is 10.6. The third-order valence-electron chi connectivity index (χ3n) is 17.2. The summed E-state index contributed by atoms with van der Waals surface area (Å²) in [6.45, 7) is 9.43. The second-order valence-electron chi connectivity index (χ2n) is 27.6. The quantitative estimate of drug-likeness (QED) is 0.0222. The largest absolute Gasteiger partial charge is 0.472 e. The van der Waals surface area contributed by atoms with Crippen molar-refractivity contribution in [3.63, 3.8) is 0 Å². The van der Waals surface area contributed by atoms with E-state index in [9.17, 15) is 43.2 Å². The second kappa shape index (κ2) is 66.0. The van der Waals surface area contributed by atoms with E-state index in [0.29, 0.717) is 37.5 Å². The molecule has 0 saturated carbocycles. The summed E-state index contributed by atoms with van der Waals surface area (Å²) in [7, 11) is -9.90. The number of rotatable bonds is 73. The van der Waals surface area contributed by atoms with Crippen LogP contribution in [0, 0.1) is 11.8 Å². The Bertz CT molecular complexity index is 1800. The molecule has 0 aliphatic carbocycles. The fraction of sp³-hybridized carbons (Fsp3) is 0.946. The van der Waals surface area contributed by atoms with Crippen molar-refractivity contribution in [1.29, 1.82) is 0 Å². The van der Waals surface area contributed by atoms with Gasteiger partial charge in [-0.3, -0.25) is 37.3 Å². The normalized spacial score (nSPS) is 14.1. The first-order valence-electron chi connectivity index (χ1n) is 38.5. The van der Waals surface area contributed by atoms with Crippen molar-refractivity contribution in [3.8, 4) is 0 Å². The standard InChI is InChI=1S/C74H144O17P2/c1-7-9-11-13-15-17-19-21-23-25-27-29-31-33-37-44-50-56-71(76)84-62-69(90-73(78)58-52-46-38-34-32-30-28-26-24-22-20-18-16-14-12-10-8-2)64-88-92(80,81)86-60-68(75)61-87-93(82,83)89-65-70(63-85-72(77)57-51-45-41-40-43-49-55-67(5)6)91-74(79)59-53-47-39-35-36-42-48-54-66(3)4/h66-70,75H,7-65H2,1-6H3,(H,80,81)(H,82,83)/t68-,69-,70-/m1/s1. The molecule has 19 heteroatoms. The molecule has 0 saturated heterocycles. The highest BCUT2D eigenvalue weighted by atomic mass is 31.2. The average Bonchev–Trinajstić information content (AvgIpc) is 3.29. The maximum absolute atomic E-state index is 13.1. The molecule has 0 radical (unpaired) electrons. The van der Waals surface area contributed by atoms with Crippen molar-refractivity contribution in [1.82, 2.24) is 0 Å². The van der Waals surface area contributed by atoms with Crippen LogP contribution in [0.4, 0.5) is 0 Å². The number of ether oxygens (including phenoxy) is 4. The molecular formula is C74H144O17P2. The van der Waals surface area contributed by atoms with Gasteiger partial charge < -0.3 is 33.8 Å². The Morgan fingerprint density at radius 3 is 0.731 bits per heavy atom. The number of aliphatic hydroxyl groups excluding tert-OH is 1. The number of carbonyl (C=O) groups excluding carboxylic acids is 4. The molecule has 0 amide bonds. The Morgan fingerprint density at radius 2 is 0.495 bits per heavy atom. The number of aliphatic hydroxyl groups is 1. The lowest BCUT2D eigenvalue weighted by Gasteiger charge is -2.21. The van der Waals surface area contributed by atoms with E-state index >= 15 is 0 Å². The van der Waals surface area contributed by atoms with Crippen LogP contribution in [0.1, 0.15) is 382 Å². The van der Waals surface area contributed by atoms with Crippen molar-refractivity contribution in [2.24, 2.45) is 11.8 Å². The third-order valence-corrected chi connectivity index (χ3v) is 19.1. The van der Waals surface area contributed by atoms with Crippen LogP contribution in [0.15, 0.2) is 0 Å². The summed E-state index contributed by atoms with van der Waals surface area (Å²) < 4.78 is 68.4. The number of carbonyl (C=O) groups is 4. The van der Waals surface area contributed by atoms with E-state index in [0.717, 1.165) is 96.3 Å². The lowest BCUT2D eigenvalue weighted by molar-refractivity contribution is -0.161. The average molecular weight is 1370 g/mol. The first-order valence-corrected chi connectivity index (χ1v) is 41.5. The van der Waals surface area contributed by atoms with Gasteiger partial charge in [-0.1, -0.05) is 330 Å². The van der Waals surface area contributed by atoms with E-state index in [-0.39, 0.29) is 25.7 Å². The molecule has 2 unspecified atom stereocenters.